The summed E-state index contributed by atoms with van der Waals surface area (Å²) in [7, 11) is 0. The molecule has 4 rings (SSSR count). The first-order valence-electron chi connectivity index (χ1n) is 18.3. The molecule has 0 aliphatic carbocycles. The number of unbranched alkanes of at least 4 members (excludes halogenated alkanes) is 10. The Morgan fingerprint density at radius 1 is 0.660 bits per heavy atom. The molecule has 7 nitrogen and oxygen atoms in total. The number of carbonyl (C=O) groups is 1. The molecular weight excluding hydrogens is 588 g/mol. The molecular formula is C40H64N2O5. The summed E-state index contributed by atoms with van der Waals surface area (Å²) in [5.41, 5.74) is 14.1. The van der Waals surface area contributed by atoms with E-state index in [0.717, 1.165) is 24.0 Å². The van der Waals surface area contributed by atoms with Crippen molar-refractivity contribution in [1.29, 1.82) is 0 Å². The minimum absolute atomic E-state index is 0.0291. The summed E-state index contributed by atoms with van der Waals surface area (Å²) in [5.74, 6) is -0.995. The van der Waals surface area contributed by atoms with E-state index in [2.05, 4.69) is 69.3 Å². The molecule has 2 aliphatic rings. The third kappa shape index (κ3) is 11.7. The van der Waals surface area contributed by atoms with Crippen molar-refractivity contribution in [1.82, 2.24) is 0 Å². The van der Waals surface area contributed by atoms with Crippen LogP contribution in [0.1, 0.15) is 140 Å². The summed E-state index contributed by atoms with van der Waals surface area (Å²) < 4.78 is 11.7. The van der Waals surface area contributed by atoms with Crippen LogP contribution in [0, 0.1) is 0 Å². The van der Waals surface area contributed by atoms with E-state index in [4.69, 9.17) is 20.9 Å². The molecule has 264 valence electrons. The van der Waals surface area contributed by atoms with Gasteiger partial charge in [0.1, 0.15) is 5.54 Å². The Labute approximate surface area is 284 Å². The van der Waals surface area contributed by atoms with Crippen molar-refractivity contribution in [2.75, 3.05) is 19.8 Å². The molecule has 2 aliphatic heterocycles. The maximum Gasteiger partial charge on any atom is 0.326 e. The van der Waals surface area contributed by atoms with Crippen LogP contribution < -0.4 is 11.5 Å². The molecule has 0 bridgehead atoms. The molecule has 4 unspecified atom stereocenters. The molecule has 2 aromatic carbocycles. The van der Waals surface area contributed by atoms with Crippen molar-refractivity contribution in [3.8, 4) is 0 Å². The number of aryl methyl sites for hydroxylation is 2. The van der Waals surface area contributed by atoms with E-state index in [9.17, 15) is 15.0 Å². The predicted octanol–water partition coefficient (Wildman–Crippen LogP) is 7.92. The van der Waals surface area contributed by atoms with Gasteiger partial charge in [-0.1, -0.05) is 127 Å². The van der Waals surface area contributed by atoms with E-state index in [1.54, 1.807) is 0 Å². The van der Waals surface area contributed by atoms with Crippen LogP contribution in [0.15, 0.2) is 48.5 Å². The number of carboxylic acids is 1. The van der Waals surface area contributed by atoms with Gasteiger partial charge in [0.15, 0.2) is 0 Å². The van der Waals surface area contributed by atoms with Gasteiger partial charge in [0.2, 0.25) is 0 Å². The first kappa shape index (κ1) is 39.2. The minimum Gasteiger partial charge on any atom is -0.480 e. The molecule has 2 aromatic rings. The average Bonchev–Trinajstić information content (AvgIpc) is 3.58. The topological polar surface area (TPSA) is 128 Å². The molecule has 2 saturated heterocycles. The Kier molecular flexibility index (Phi) is 15.4. The van der Waals surface area contributed by atoms with E-state index in [1.165, 1.54) is 88.2 Å². The smallest absolute Gasteiger partial charge is 0.326 e. The summed E-state index contributed by atoms with van der Waals surface area (Å²) in [6.45, 7) is 8.93. The fourth-order valence-corrected chi connectivity index (χ4v) is 6.95. The van der Waals surface area contributed by atoms with Crippen molar-refractivity contribution in [2.24, 2.45) is 11.5 Å². The van der Waals surface area contributed by atoms with Crippen LogP contribution in [-0.4, -0.2) is 47.1 Å². The highest BCUT2D eigenvalue weighted by Crippen LogP contribution is 2.41. The summed E-state index contributed by atoms with van der Waals surface area (Å²) in [6.07, 6.45) is 19.0. The fourth-order valence-electron chi connectivity index (χ4n) is 6.95. The number of carboxylic acid groups (broad SMARTS) is 1. The third-order valence-corrected chi connectivity index (χ3v) is 10.2. The van der Waals surface area contributed by atoms with Crippen LogP contribution in [0.2, 0.25) is 0 Å². The Balaban J connectivity index is 0.000000256. The Bertz CT molecular complexity index is 1200. The summed E-state index contributed by atoms with van der Waals surface area (Å²) in [4.78, 5) is 11.3. The minimum atomic E-state index is -1.29. The predicted molar refractivity (Wildman–Crippen MR) is 191 cm³/mol. The zero-order valence-electron chi connectivity index (χ0n) is 29.8. The lowest BCUT2D eigenvalue weighted by Gasteiger charge is -2.26. The maximum atomic E-state index is 11.3. The lowest BCUT2D eigenvalue weighted by molar-refractivity contribution is -0.143. The molecule has 6 N–H and O–H groups in total. The van der Waals surface area contributed by atoms with Crippen LogP contribution in [0.25, 0.3) is 0 Å². The van der Waals surface area contributed by atoms with Gasteiger partial charge in [0.25, 0.3) is 0 Å². The summed E-state index contributed by atoms with van der Waals surface area (Å²) in [6, 6.07) is 17.1. The molecule has 0 spiro atoms. The fraction of sp³-hybridized carbons (Fsp3) is 0.675. The van der Waals surface area contributed by atoms with Crippen molar-refractivity contribution < 1.29 is 24.5 Å². The normalized spacial score (nSPS) is 27.0. The van der Waals surface area contributed by atoms with E-state index >= 15 is 0 Å². The molecule has 47 heavy (non-hydrogen) atoms. The van der Waals surface area contributed by atoms with E-state index in [0.29, 0.717) is 19.4 Å². The quantitative estimate of drug-likeness (QED) is 0.120. The Morgan fingerprint density at radius 2 is 1.06 bits per heavy atom. The number of aliphatic carboxylic acids is 1. The molecule has 4 atom stereocenters. The van der Waals surface area contributed by atoms with E-state index < -0.39 is 22.6 Å². The van der Waals surface area contributed by atoms with Gasteiger partial charge in [-0.05, 0) is 61.8 Å². The van der Waals surface area contributed by atoms with Crippen LogP contribution in [-0.2, 0) is 38.3 Å². The monoisotopic (exact) mass is 652 g/mol. The first-order chi connectivity index (χ1) is 22.4. The van der Waals surface area contributed by atoms with Crippen LogP contribution in [0.3, 0.4) is 0 Å². The standard InChI is InChI=1S/C20H31NO3.C20H33NO2/c1-3-4-5-6-7-8-9-16-10-12-17(13-11-16)19(2)14-20(21,15-24-19)18(22)23;1-3-4-5-6-7-8-9-17-10-12-18(13-11-17)19(2)14-20(21,15-22)16-23-19/h10-13H,3-9,14-15,21H2,1-2H3,(H,22,23);10-13,22H,3-9,14-16,21H2,1-2H3. The number of benzene rings is 2. The van der Waals surface area contributed by atoms with Crippen molar-refractivity contribution in [2.45, 2.75) is 153 Å². The lowest BCUT2D eigenvalue weighted by Crippen LogP contribution is -2.49. The average molecular weight is 653 g/mol. The van der Waals surface area contributed by atoms with E-state index in [-0.39, 0.29) is 18.8 Å². The van der Waals surface area contributed by atoms with Crippen molar-refractivity contribution >= 4 is 5.97 Å². The zero-order chi connectivity index (χ0) is 34.4. The third-order valence-electron chi connectivity index (χ3n) is 10.2. The molecule has 0 radical (unpaired) electrons. The second-order valence-corrected chi connectivity index (χ2v) is 14.8. The molecule has 2 fully saturated rings. The van der Waals surface area contributed by atoms with Gasteiger partial charge in [0.05, 0.1) is 36.6 Å². The van der Waals surface area contributed by atoms with Crippen LogP contribution in [0.4, 0.5) is 0 Å². The molecule has 7 heteroatoms. The highest BCUT2D eigenvalue weighted by molar-refractivity contribution is 5.79. The highest BCUT2D eigenvalue weighted by atomic mass is 16.5. The number of rotatable bonds is 18. The van der Waals surface area contributed by atoms with Gasteiger partial charge in [-0.3, -0.25) is 4.79 Å². The number of aliphatic hydroxyl groups excluding tert-OH is 1. The Morgan fingerprint density at radius 3 is 1.45 bits per heavy atom. The molecule has 2 heterocycles. The number of hydrogen-bond acceptors (Lipinski definition) is 6. The van der Waals surface area contributed by atoms with Gasteiger partial charge in [-0.15, -0.1) is 0 Å². The van der Waals surface area contributed by atoms with Gasteiger partial charge < -0.3 is 31.2 Å². The SMILES string of the molecule is CCCCCCCCc1ccc(C2(C)CC(N)(C(=O)O)CO2)cc1.CCCCCCCCc1ccc(C2(C)CC(N)(CO)CO2)cc1. The zero-order valence-corrected chi connectivity index (χ0v) is 29.8. The van der Waals surface area contributed by atoms with Crippen molar-refractivity contribution in [3.05, 3.63) is 70.8 Å². The maximum absolute atomic E-state index is 11.3. The lowest BCUT2D eigenvalue weighted by atomic mass is 9.85. The van der Waals surface area contributed by atoms with Crippen LogP contribution >= 0.6 is 0 Å². The Hall–Kier alpha value is -2.29. The molecule has 0 amide bonds. The summed E-state index contributed by atoms with van der Waals surface area (Å²) >= 11 is 0. The number of aliphatic hydroxyl groups is 1. The largest absolute Gasteiger partial charge is 0.480 e. The highest BCUT2D eigenvalue weighted by Gasteiger charge is 2.50. The number of hydrogen-bond donors (Lipinski definition) is 4. The van der Waals surface area contributed by atoms with E-state index in [1.807, 2.05) is 6.92 Å². The number of ether oxygens (including phenoxy) is 2. The van der Waals surface area contributed by atoms with Crippen molar-refractivity contribution in [3.63, 3.8) is 0 Å². The summed E-state index contributed by atoms with van der Waals surface area (Å²) in [5, 5.41) is 18.7. The number of nitrogens with two attached hydrogens (primary N) is 2. The van der Waals surface area contributed by atoms with Gasteiger partial charge >= 0.3 is 5.97 Å². The molecule has 0 saturated carbocycles. The first-order valence-corrected chi connectivity index (χ1v) is 18.3. The van der Waals surface area contributed by atoms with Gasteiger partial charge in [-0.2, -0.15) is 0 Å². The van der Waals surface area contributed by atoms with Crippen LogP contribution in [0.5, 0.6) is 0 Å². The van der Waals surface area contributed by atoms with Gasteiger partial charge in [-0.25, -0.2) is 0 Å². The second-order valence-electron chi connectivity index (χ2n) is 14.8. The second kappa shape index (κ2) is 18.5. The van der Waals surface area contributed by atoms with Gasteiger partial charge in [0, 0.05) is 12.8 Å². The molecule has 0 aromatic heterocycles.